The van der Waals surface area contributed by atoms with Crippen LogP contribution in [0.2, 0.25) is 10.3 Å². The van der Waals surface area contributed by atoms with Gasteiger partial charge in [-0.3, -0.25) is 4.79 Å². The number of alkyl halides is 3. The van der Waals surface area contributed by atoms with Crippen LogP contribution in [0.15, 0.2) is 30.3 Å². The van der Waals surface area contributed by atoms with Gasteiger partial charge in [-0.25, -0.2) is 9.97 Å². The third-order valence-corrected chi connectivity index (χ3v) is 2.90. The van der Waals surface area contributed by atoms with E-state index < -0.39 is 17.8 Å². The number of hydrogen-bond acceptors (Lipinski definition) is 3. The quantitative estimate of drug-likeness (QED) is 0.845. The van der Waals surface area contributed by atoms with Crippen LogP contribution in [0.3, 0.4) is 0 Å². The van der Waals surface area contributed by atoms with Crippen LogP contribution in [0.1, 0.15) is 0 Å². The van der Waals surface area contributed by atoms with Gasteiger partial charge in [-0.2, -0.15) is 13.2 Å². The Bertz CT molecular complexity index is 654. The third-order valence-electron chi connectivity index (χ3n) is 2.35. The minimum absolute atomic E-state index is 0.135. The van der Waals surface area contributed by atoms with E-state index in [9.17, 15) is 18.0 Å². The third kappa shape index (κ3) is 3.62. The molecule has 1 heterocycles. The highest BCUT2D eigenvalue weighted by molar-refractivity contribution is 6.38. The molecule has 0 unspecified atom stereocenters. The molecule has 0 bridgehead atoms. The van der Waals surface area contributed by atoms with Crippen molar-refractivity contribution in [3.63, 3.8) is 0 Å². The van der Waals surface area contributed by atoms with Gasteiger partial charge in [0.25, 0.3) is 0 Å². The van der Waals surface area contributed by atoms with E-state index in [0.717, 1.165) is 0 Å². The highest BCUT2D eigenvalue weighted by atomic mass is 35.5. The van der Waals surface area contributed by atoms with Crippen LogP contribution >= 0.6 is 23.2 Å². The molecule has 0 atom stereocenters. The van der Waals surface area contributed by atoms with Crippen LogP contribution in [-0.4, -0.2) is 22.1 Å². The zero-order valence-electron chi connectivity index (χ0n) is 10.1. The standard InChI is InChI=1S/C12H6Cl2F3N3O/c13-8-7(18-11(21)12(15,16)17)9(14)20-10(19-8)6-4-2-1-3-5-6/h1-5H,(H,18,21). The Hall–Kier alpha value is -1.86. The molecule has 0 spiro atoms. The van der Waals surface area contributed by atoms with Gasteiger partial charge in [0.2, 0.25) is 0 Å². The number of carbonyl (C=O) groups excluding carboxylic acids is 1. The fourth-order valence-corrected chi connectivity index (χ4v) is 1.89. The second-order valence-corrected chi connectivity index (χ2v) is 4.54. The lowest BCUT2D eigenvalue weighted by Gasteiger charge is -2.11. The molecule has 0 aliphatic carbocycles. The first-order valence-corrected chi connectivity index (χ1v) is 6.21. The van der Waals surface area contributed by atoms with Crippen molar-refractivity contribution in [2.75, 3.05) is 5.32 Å². The van der Waals surface area contributed by atoms with Gasteiger partial charge in [-0.1, -0.05) is 53.5 Å². The molecule has 0 fully saturated rings. The number of nitrogens with zero attached hydrogens (tertiary/aromatic N) is 2. The average Bonchev–Trinajstić information content (AvgIpc) is 2.42. The second kappa shape index (κ2) is 5.87. The van der Waals surface area contributed by atoms with Crippen molar-refractivity contribution >= 4 is 34.8 Å². The van der Waals surface area contributed by atoms with Crippen LogP contribution in [0.4, 0.5) is 18.9 Å². The normalized spacial score (nSPS) is 11.3. The van der Waals surface area contributed by atoms with E-state index in [1.54, 1.807) is 35.6 Å². The van der Waals surface area contributed by atoms with E-state index in [0.29, 0.717) is 5.56 Å². The zero-order chi connectivity index (χ0) is 15.6. The molecule has 0 aliphatic heterocycles. The molecule has 1 amide bonds. The summed E-state index contributed by atoms with van der Waals surface area (Å²) in [5.41, 5.74) is 0.0929. The minimum Gasteiger partial charge on any atom is -0.313 e. The lowest BCUT2D eigenvalue weighted by atomic mass is 10.2. The molecule has 0 saturated carbocycles. The largest absolute Gasteiger partial charge is 0.471 e. The van der Waals surface area contributed by atoms with Gasteiger partial charge in [0.05, 0.1) is 0 Å². The summed E-state index contributed by atoms with van der Waals surface area (Å²) in [6.45, 7) is 0. The first-order valence-electron chi connectivity index (χ1n) is 5.45. The number of halogens is 5. The van der Waals surface area contributed by atoms with Gasteiger partial charge in [-0.15, -0.1) is 0 Å². The van der Waals surface area contributed by atoms with Crippen molar-refractivity contribution < 1.29 is 18.0 Å². The maximum atomic E-state index is 12.2. The summed E-state index contributed by atoms with van der Waals surface area (Å²) in [4.78, 5) is 18.5. The number of aromatic nitrogens is 2. The van der Waals surface area contributed by atoms with E-state index in [-0.39, 0.29) is 16.1 Å². The number of nitrogens with one attached hydrogen (secondary N) is 1. The van der Waals surface area contributed by atoms with Crippen LogP contribution < -0.4 is 5.32 Å². The molecule has 2 aromatic rings. The Kier molecular flexibility index (Phi) is 4.34. The topological polar surface area (TPSA) is 54.9 Å². The monoisotopic (exact) mass is 335 g/mol. The summed E-state index contributed by atoms with van der Waals surface area (Å²) in [6, 6.07) is 8.57. The molecular weight excluding hydrogens is 330 g/mol. The van der Waals surface area contributed by atoms with Crippen LogP contribution in [0, 0.1) is 0 Å². The molecular formula is C12H6Cl2F3N3O. The molecule has 0 radical (unpaired) electrons. The van der Waals surface area contributed by atoms with Crippen molar-refractivity contribution in [1.82, 2.24) is 9.97 Å². The second-order valence-electron chi connectivity index (χ2n) is 3.82. The Morgan fingerprint density at radius 1 is 1.05 bits per heavy atom. The molecule has 1 aromatic heterocycles. The number of rotatable bonds is 2. The molecule has 1 aromatic carbocycles. The maximum Gasteiger partial charge on any atom is 0.471 e. The van der Waals surface area contributed by atoms with Crippen molar-refractivity contribution in [2.24, 2.45) is 0 Å². The lowest BCUT2D eigenvalue weighted by molar-refractivity contribution is -0.167. The van der Waals surface area contributed by atoms with Gasteiger partial charge < -0.3 is 5.32 Å². The van der Waals surface area contributed by atoms with Gasteiger partial charge in [-0.05, 0) is 0 Å². The molecule has 4 nitrogen and oxygen atoms in total. The average molecular weight is 336 g/mol. The molecule has 110 valence electrons. The van der Waals surface area contributed by atoms with Gasteiger partial charge in [0.1, 0.15) is 5.69 Å². The fourth-order valence-electron chi connectivity index (χ4n) is 1.41. The van der Waals surface area contributed by atoms with Gasteiger partial charge in [0.15, 0.2) is 16.1 Å². The molecule has 0 saturated heterocycles. The predicted molar refractivity (Wildman–Crippen MR) is 72.2 cm³/mol. The summed E-state index contributed by atoms with van der Waals surface area (Å²) in [5, 5.41) is 0.778. The van der Waals surface area contributed by atoms with E-state index in [1.807, 2.05) is 0 Å². The highest BCUT2D eigenvalue weighted by Gasteiger charge is 2.39. The Morgan fingerprint density at radius 3 is 2.05 bits per heavy atom. The van der Waals surface area contributed by atoms with Gasteiger partial charge >= 0.3 is 12.1 Å². The van der Waals surface area contributed by atoms with Crippen molar-refractivity contribution in [3.05, 3.63) is 40.6 Å². The highest BCUT2D eigenvalue weighted by Crippen LogP contribution is 2.31. The SMILES string of the molecule is O=C(Nc1c(Cl)nc(-c2ccccc2)nc1Cl)C(F)(F)F. The van der Waals surface area contributed by atoms with E-state index in [2.05, 4.69) is 9.97 Å². The molecule has 21 heavy (non-hydrogen) atoms. The first kappa shape index (κ1) is 15.5. The first-order chi connectivity index (χ1) is 9.79. The number of carbonyl (C=O) groups is 1. The molecule has 9 heteroatoms. The predicted octanol–water partition coefficient (Wildman–Crippen LogP) is 3.95. The molecule has 1 N–H and O–H groups in total. The minimum atomic E-state index is -5.06. The zero-order valence-corrected chi connectivity index (χ0v) is 11.6. The Morgan fingerprint density at radius 2 is 1.57 bits per heavy atom. The number of hydrogen-bond donors (Lipinski definition) is 1. The molecule has 0 aliphatic rings. The van der Waals surface area contributed by atoms with E-state index >= 15 is 0 Å². The summed E-state index contributed by atoms with van der Waals surface area (Å²) in [6.07, 6.45) is -5.06. The smallest absolute Gasteiger partial charge is 0.313 e. The summed E-state index contributed by atoms with van der Waals surface area (Å²) in [5.74, 6) is -2.07. The van der Waals surface area contributed by atoms with Crippen molar-refractivity contribution in [3.8, 4) is 11.4 Å². The maximum absolute atomic E-state index is 12.2. The van der Waals surface area contributed by atoms with Crippen LogP contribution in [-0.2, 0) is 4.79 Å². The summed E-state index contributed by atoms with van der Waals surface area (Å²) >= 11 is 11.5. The van der Waals surface area contributed by atoms with Crippen LogP contribution in [0.25, 0.3) is 11.4 Å². The fraction of sp³-hybridized carbons (Fsp3) is 0.0833. The Balaban J connectivity index is 2.37. The molecule has 2 rings (SSSR count). The van der Waals surface area contributed by atoms with E-state index in [1.165, 1.54) is 0 Å². The number of benzene rings is 1. The summed E-state index contributed by atoms with van der Waals surface area (Å²) < 4.78 is 36.6. The summed E-state index contributed by atoms with van der Waals surface area (Å²) in [7, 11) is 0. The Labute approximate surface area is 126 Å². The van der Waals surface area contributed by atoms with Crippen molar-refractivity contribution in [2.45, 2.75) is 6.18 Å². The number of anilines is 1. The van der Waals surface area contributed by atoms with Crippen molar-refractivity contribution in [1.29, 1.82) is 0 Å². The lowest BCUT2D eigenvalue weighted by Crippen LogP contribution is -2.30. The number of amides is 1. The van der Waals surface area contributed by atoms with Crippen LogP contribution in [0.5, 0.6) is 0 Å². The van der Waals surface area contributed by atoms with E-state index in [4.69, 9.17) is 23.2 Å². The van der Waals surface area contributed by atoms with Gasteiger partial charge in [0, 0.05) is 5.56 Å².